The Bertz CT molecular complexity index is 1190. The van der Waals surface area contributed by atoms with Crippen molar-refractivity contribution in [3.63, 3.8) is 0 Å². The van der Waals surface area contributed by atoms with Gasteiger partial charge < -0.3 is 9.64 Å². The fraction of sp³-hybridized carbons (Fsp3) is 0.308. The maximum Gasteiger partial charge on any atom is 0.316 e. The summed E-state index contributed by atoms with van der Waals surface area (Å²) in [4.78, 5) is 53.5. The van der Waals surface area contributed by atoms with Gasteiger partial charge >= 0.3 is 5.97 Å². The van der Waals surface area contributed by atoms with E-state index in [4.69, 9.17) is 4.74 Å². The monoisotopic (exact) mass is 462 g/mol. The zero-order valence-electron chi connectivity index (χ0n) is 18.5. The summed E-state index contributed by atoms with van der Waals surface area (Å²) in [7, 11) is 0. The molecule has 34 heavy (non-hydrogen) atoms. The van der Waals surface area contributed by atoms with E-state index >= 15 is 0 Å². The number of fused-ring (bicyclic) bond motifs is 1. The van der Waals surface area contributed by atoms with Crippen LogP contribution >= 0.6 is 0 Å². The highest BCUT2D eigenvalue weighted by molar-refractivity contribution is 6.22. The standard InChI is InChI=1S/C26H23FN2O5/c1-15-3-2-4-21-23(15)25(32)29(24(21)31)19-9-11-20(12-10-19)34-26(33)16-13-22(30)28(14-16)18-7-5-17(27)6-8-18/h2-3,5-12,15-16,21,23H,4,13-14H2,1H3/t15-,16-,21+,23+/m1/s1. The molecular formula is C26H23FN2O5. The molecule has 0 radical (unpaired) electrons. The Labute approximate surface area is 195 Å². The van der Waals surface area contributed by atoms with Gasteiger partial charge in [-0.1, -0.05) is 19.1 Å². The van der Waals surface area contributed by atoms with E-state index in [1.807, 2.05) is 19.1 Å². The van der Waals surface area contributed by atoms with Crippen LogP contribution in [0, 0.1) is 29.5 Å². The molecular weight excluding hydrogens is 439 g/mol. The van der Waals surface area contributed by atoms with Gasteiger partial charge in [0, 0.05) is 18.7 Å². The summed E-state index contributed by atoms with van der Waals surface area (Å²) in [5.41, 5.74) is 0.964. The van der Waals surface area contributed by atoms with E-state index < -0.39 is 17.7 Å². The van der Waals surface area contributed by atoms with Gasteiger partial charge in [0.25, 0.3) is 0 Å². The summed E-state index contributed by atoms with van der Waals surface area (Å²) in [6, 6.07) is 11.7. The third-order valence-corrected chi connectivity index (χ3v) is 6.78. The van der Waals surface area contributed by atoms with Gasteiger partial charge in [0.05, 0.1) is 23.4 Å². The Morgan fingerprint density at radius 1 is 0.971 bits per heavy atom. The zero-order chi connectivity index (χ0) is 24.0. The van der Waals surface area contributed by atoms with Gasteiger partial charge in [0.1, 0.15) is 11.6 Å². The Morgan fingerprint density at radius 3 is 2.32 bits per heavy atom. The first-order chi connectivity index (χ1) is 16.3. The van der Waals surface area contributed by atoms with Crippen LogP contribution in [-0.2, 0) is 19.2 Å². The fourth-order valence-corrected chi connectivity index (χ4v) is 5.00. The molecule has 7 nitrogen and oxygen atoms in total. The molecule has 2 aliphatic heterocycles. The average molecular weight is 462 g/mol. The molecule has 2 saturated heterocycles. The maximum atomic E-state index is 13.2. The number of allylic oxidation sites excluding steroid dienone is 2. The van der Waals surface area contributed by atoms with E-state index in [0.717, 1.165) is 0 Å². The normalized spacial score (nSPS) is 26.2. The van der Waals surface area contributed by atoms with Crippen molar-refractivity contribution in [1.29, 1.82) is 0 Å². The van der Waals surface area contributed by atoms with Crippen LogP contribution in [0.4, 0.5) is 15.8 Å². The molecule has 1 aliphatic carbocycles. The van der Waals surface area contributed by atoms with Crippen molar-refractivity contribution >= 4 is 35.1 Å². The van der Waals surface area contributed by atoms with Crippen molar-refractivity contribution in [1.82, 2.24) is 0 Å². The highest BCUT2D eigenvalue weighted by Crippen LogP contribution is 2.40. The van der Waals surface area contributed by atoms with Crippen molar-refractivity contribution < 1.29 is 28.3 Å². The van der Waals surface area contributed by atoms with Crippen LogP contribution in [0.2, 0.25) is 0 Å². The molecule has 0 N–H and O–H groups in total. The zero-order valence-corrected chi connectivity index (χ0v) is 18.5. The minimum atomic E-state index is -0.656. The third kappa shape index (κ3) is 3.79. The van der Waals surface area contributed by atoms with Crippen molar-refractivity contribution in [2.24, 2.45) is 23.7 Å². The van der Waals surface area contributed by atoms with Crippen LogP contribution in [0.3, 0.4) is 0 Å². The largest absolute Gasteiger partial charge is 0.426 e. The van der Waals surface area contributed by atoms with E-state index in [9.17, 15) is 23.6 Å². The molecule has 0 unspecified atom stereocenters. The molecule has 3 amide bonds. The van der Waals surface area contributed by atoms with Crippen molar-refractivity contribution in [3.05, 3.63) is 66.5 Å². The van der Waals surface area contributed by atoms with E-state index in [1.165, 1.54) is 46.2 Å². The van der Waals surface area contributed by atoms with Gasteiger partial charge in [0.2, 0.25) is 17.7 Å². The van der Waals surface area contributed by atoms with Crippen molar-refractivity contribution in [3.8, 4) is 5.75 Å². The summed E-state index contributed by atoms with van der Waals surface area (Å²) in [6.45, 7) is 2.09. The molecule has 3 aliphatic rings. The minimum Gasteiger partial charge on any atom is -0.426 e. The van der Waals surface area contributed by atoms with Gasteiger partial charge in [-0.05, 0) is 60.9 Å². The van der Waals surface area contributed by atoms with E-state index in [-0.39, 0.29) is 54.2 Å². The molecule has 174 valence electrons. The predicted octanol–water partition coefficient (Wildman–Crippen LogP) is 3.49. The van der Waals surface area contributed by atoms with Crippen LogP contribution in [0.15, 0.2) is 60.7 Å². The smallest absolute Gasteiger partial charge is 0.316 e. The summed E-state index contributed by atoms with van der Waals surface area (Å²) >= 11 is 0. The van der Waals surface area contributed by atoms with Crippen molar-refractivity contribution in [2.45, 2.75) is 19.8 Å². The van der Waals surface area contributed by atoms with Crippen LogP contribution < -0.4 is 14.5 Å². The molecule has 8 heteroatoms. The van der Waals surface area contributed by atoms with Gasteiger partial charge in [-0.15, -0.1) is 0 Å². The first-order valence-electron chi connectivity index (χ1n) is 11.3. The van der Waals surface area contributed by atoms with Crippen LogP contribution in [0.25, 0.3) is 0 Å². The number of hydrogen-bond acceptors (Lipinski definition) is 5. The van der Waals surface area contributed by atoms with E-state index in [2.05, 4.69) is 0 Å². The molecule has 4 atom stereocenters. The first kappa shape index (κ1) is 22.0. The molecule has 2 heterocycles. The minimum absolute atomic E-state index is 0.0000710. The molecule has 5 rings (SSSR count). The van der Waals surface area contributed by atoms with Gasteiger partial charge in [-0.2, -0.15) is 0 Å². The second kappa shape index (κ2) is 8.52. The summed E-state index contributed by atoms with van der Waals surface area (Å²) in [6.07, 6.45) is 4.48. The van der Waals surface area contributed by atoms with Crippen LogP contribution in [-0.4, -0.2) is 30.2 Å². The molecule has 2 aromatic carbocycles. The molecule has 0 aromatic heterocycles. The molecule has 2 aromatic rings. The number of halogens is 1. The molecule has 0 saturated carbocycles. The molecule has 0 bridgehead atoms. The molecule has 0 spiro atoms. The average Bonchev–Trinajstić information content (AvgIpc) is 3.33. The summed E-state index contributed by atoms with van der Waals surface area (Å²) in [5.74, 6) is -2.69. The van der Waals surface area contributed by atoms with Crippen molar-refractivity contribution in [2.75, 3.05) is 16.3 Å². The lowest BCUT2D eigenvalue weighted by Crippen LogP contribution is -2.31. The molecule has 2 fully saturated rings. The predicted molar refractivity (Wildman–Crippen MR) is 121 cm³/mol. The number of carbonyl (C=O) groups excluding carboxylic acids is 4. The highest BCUT2D eigenvalue weighted by Gasteiger charge is 2.50. The number of anilines is 2. The number of hydrogen-bond donors (Lipinski definition) is 0. The number of benzene rings is 2. The lowest BCUT2D eigenvalue weighted by Gasteiger charge is -2.22. The van der Waals surface area contributed by atoms with E-state index in [1.54, 1.807) is 12.1 Å². The topological polar surface area (TPSA) is 84.0 Å². The lowest BCUT2D eigenvalue weighted by atomic mass is 9.78. The summed E-state index contributed by atoms with van der Waals surface area (Å²) < 4.78 is 18.6. The fourth-order valence-electron chi connectivity index (χ4n) is 5.00. The number of imide groups is 1. The Balaban J connectivity index is 1.25. The number of nitrogens with zero attached hydrogens (tertiary/aromatic N) is 2. The number of esters is 1. The highest BCUT2D eigenvalue weighted by atomic mass is 19.1. The lowest BCUT2D eigenvalue weighted by molar-refractivity contribution is -0.139. The summed E-state index contributed by atoms with van der Waals surface area (Å²) in [5, 5.41) is 0. The Morgan fingerprint density at radius 2 is 1.65 bits per heavy atom. The van der Waals surface area contributed by atoms with E-state index in [0.29, 0.717) is 17.8 Å². The maximum absolute atomic E-state index is 13.2. The second-order valence-electron chi connectivity index (χ2n) is 8.96. The number of amides is 3. The van der Waals surface area contributed by atoms with Gasteiger partial charge in [-0.25, -0.2) is 4.39 Å². The van der Waals surface area contributed by atoms with Crippen LogP contribution in [0.5, 0.6) is 5.75 Å². The first-order valence-corrected chi connectivity index (χ1v) is 11.3. The third-order valence-electron chi connectivity index (χ3n) is 6.78. The quantitative estimate of drug-likeness (QED) is 0.301. The van der Waals surface area contributed by atoms with Gasteiger partial charge in [-0.3, -0.25) is 24.1 Å². The Kier molecular flexibility index (Phi) is 5.51. The van der Waals surface area contributed by atoms with Crippen LogP contribution in [0.1, 0.15) is 19.8 Å². The van der Waals surface area contributed by atoms with Gasteiger partial charge in [0.15, 0.2) is 0 Å². The SMILES string of the molecule is C[C@@H]1C=CC[C@@H]2C(=O)N(c3ccc(OC(=O)[C@@H]4CC(=O)N(c5ccc(F)cc5)C4)cc3)C(=O)[C@@H]12. The number of rotatable bonds is 4. The number of carbonyl (C=O) groups is 4. The number of ether oxygens (including phenoxy) is 1. The second-order valence-corrected chi connectivity index (χ2v) is 8.96. The Hall–Kier alpha value is -3.81.